The molecular weight excluding hydrogens is 502 g/mol. The molecule has 4 rings (SSSR count). The van der Waals surface area contributed by atoms with E-state index in [0.29, 0.717) is 16.9 Å². The van der Waals surface area contributed by atoms with E-state index >= 15 is 4.39 Å². The summed E-state index contributed by atoms with van der Waals surface area (Å²) >= 11 is 0. The average Bonchev–Trinajstić information content (AvgIpc) is 3.08. The minimum Gasteiger partial charge on any atom is -0.491 e. The summed E-state index contributed by atoms with van der Waals surface area (Å²) in [4.78, 5) is 26.1. The van der Waals surface area contributed by atoms with Gasteiger partial charge in [0.05, 0.1) is 6.54 Å². The Morgan fingerprint density at radius 1 is 1.05 bits per heavy atom. The molecular formula is C27H26F2N2O5S. The minimum absolute atomic E-state index is 0.0420. The van der Waals surface area contributed by atoms with E-state index in [1.165, 1.54) is 17.0 Å². The molecule has 0 fully saturated rings. The predicted octanol–water partition coefficient (Wildman–Crippen LogP) is 4.06. The van der Waals surface area contributed by atoms with E-state index in [2.05, 4.69) is 0 Å². The van der Waals surface area contributed by atoms with Gasteiger partial charge in [-0.3, -0.25) is 9.59 Å². The number of hydrogen-bond acceptors (Lipinski definition) is 5. The van der Waals surface area contributed by atoms with Crippen LogP contribution in [0.25, 0.3) is 11.1 Å². The smallest absolute Gasteiger partial charge is 0.254 e. The summed E-state index contributed by atoms with van der Waals surface area (Å²) in [7, 11) is -3.79. The summed E-state index contributed by atoms with van der Waals surface area (Å²) in [5, 5.41) is 0. The first-order chi connectivity index (χ1) is 17.5. The topological polar surface area (TPSA) is 107 Å². The second kappa shape index (κ2) is 10.3. The lowest BCUT2D eigenvalue weighted by Gasteiger charge is -2.22. The number of alkyl halides is 1. The maximum absolute atomic E-state index is 15.0. The molecule has 37 heavy (non-hydrogen) atoms. The summed E-state index contributed by atoms with van der Waals surface area (Å²) in [6.45, 7) is 1.42. The number of nitrogens with two attached hydrogens (primary N) is 1. The number of rotatable bonds is 6. The van der Waals surface area contributed by atoms with Crippen LogP contribution in [0.1, 0.15) is 44.3 Å². The van der Waals surface area contributed by atoms with E-state index in [4.69, 9.17) is 10.5 Å². The van der Waals surface area contributed by atoms with E-state index in [0.717, 1.165) is 17.9 Å². The number of ether oxygens (including phenoxy) is 1. The van der Waals surface area contributed by atoms with Gasteiger partial charge in [-0.15, -0.1) is 0 Å². The molecule has 1 aliphatic rings. The molecule has 0 saturated carbocycles. The van der Waals surface area contributed by atoms with Crippen LogP contribution in [0.2, 0.25) is 0 Å². The maximum Gasteiger partial charge on any atom is 0.254 e. The third kappa shape index (κ3) is 5.20. The standard InChI is InChI=1S/C27H26F2N2O5S/c1-3-20-22(7-9-24(25(20)29)37(2,34)35)27(33)31-10-11-36-23-8-5-17(13-19(23)15-31)16-4-6-21(26(30)32)18(12-16)14-28/h4-9,12-13H,3,10-11,14-15H2,1-2H3,(H2,30,32). The van der Waals surface area contributed by atoms with E-state index in [1.54, 1.807) is 31.2 Å². The van der Waals surface area contributed by atoms with Gasteiger partial charge < -0.3 is 15.4 Å². The molecule has 3 aromatic carbocycles. The van der Waals surface area contributed by atoms with Crippen molar-refractivity contribution in [3.63, 3.8) is 0 Å². The largest absolute Gasteiger partial charge is 0.491 e. The number of amides is 2. The third-order valence-electron chi connectivity index (χ3n) is 6.37. The molecule has 3 aromatic rings. The number of halogens is 2. The Morgan fingerprint density at radius 3 is 2.38 bits per heavy atom. The van der Waals surface area contributed by atoms with Crippen molar-refractivity contribution < 1.29 is 31.5 Å². The first-order valence-electron chi connectivity index (χ1n) is 11.6. The van der Waals surface area contributed by atoms with Crippen molar-refractivity contribution >= 4 is 21.7 Å². The van der Waals surface area contributed by atoms with Crippen molar-refractivity contribution in [2.75, 3.05) is 19.4 Å². The number of nitrogens with zero attached hydrogens (tertiary/aromatic N) is 1. The normalized spacial score (nSPS) is 13.5. The predicted molar refractivity (Wildman–Crippen MR) is 134 cm³/mol. The Hall–Kier alpha value is -3.79. The third-order valence-corrected chi connectivity index (χ3v) is 7.48. The first kappa shape index (κ1) is 26.3. The highest BCUT2D eigenvalue weighted by atomic mass is 32.2. The van der Waals surface area contributed by atoms with Gasteiger partial charge in [-0.2, -0.15) is 0 Å². The molecule has 2 N–H and O–H groups in total. The Morgan fingerprint density at radius 2 is 1.73 bits per heavy atom. The number of benzene rings is 3. The lowest BCUT2D eigenvalue weighted by atomic mass is 9.97. The molecule has 1 heterocycles. The second-order valence-corrected chi connectivity index (χ2v) is 10.8. The van der Waals surface area contributed by atoms with Gasteiger partial charge in [-0.05, 0) is 59.5 Å². The van der Waals surface area contributed by atoms with E-state index in [-0.39, 0.29) is 48.4 Å². The van der Waals surface area contributed by atoms with Gasteiger partial charge in [0.15, 0.2) is 9.84 Å². The van der Waals surface area contributed by atoms with Crippen molar-refractivity contribution in [1.82, 2.24) is 4.90 Å². The zero-order valence-corrected chi connectivity index (χ0v) is 21.2. The van der Waals surface area contributed by atoms with E-state index in [1.807, 2.05) is 6.07 Å². The van der Waals surface area contributed by atoms with E-state index < -0.39 is 39.0 Å². The Labute approximate surface area is 213 Å². The summed E-state index contributed by atoms with van der Waals surface area (Å²) in [6.07, 6.45) is 1.06. The highest BCUT2D eigenvalue weighted by Crippen LogP contribution is 2.32. The van der Waals surface area contributed by atoms with Gasteiger partial charge in [0.1, 0.15) is 29.7 Å². The molecule has 10 heteroatoms. The molecule has 0 bridgehead atoms. The van der Waals surface area contributed by atoms with Gasteiger partial charge in [-0.1, -0.05) is 19.1 Å². The van der Waals surface area contributed by atoms with Crippen LogP contribution in [-0.4, -0.2) is 44.5 Å². The molecule has 1 aliphatic heterocycles. The molecule has 2 amide bonds. The summed E-state index contributed by atoms with van der Waals surface area (Å²) < 4.78 is 58.2. The van der Waals surface area contributed by atoms with Crippen LogP contribution in [0.3, 0.4) is 0 Å². The van der Waals surface area contributed by atoms with Gasteiger partial charge in [0, 0.05) is 35.1 Å². The SMILES string of the molecule is CCc1c(C(=O)N2CCOc3ccc(-c4ccc(C(N)=O)c(CF)c4)cc3C2)ccc(S(C)(=O)=O)c1F. The number of carbonyl (C=O) groups excluding carboxylic acids is 2. The second-order valence-electron chi connectivity index (χ2n) is 8.80. The quantitative estimate of drug-likeness (QED) is 0.519. The van der Waals surface area contributed by atoms with Crippen LogP contribution >= 0.6 is 0 Å². The average molecular weight is 529 g/mol. The van der Waals surface area contributed by atoms with Gasteiger partial charge in [-0.25, -0.2) is 17.2 Å². The fraction of sp³-hybridized carbons (Fsp3) is 0.259. The van der Waals surface area contributed by atoms with Crippen LogP contribution in [0, 0.1) is 5.82 Å². The Kier molecular flexibility index (Phi) is 7.31. The van der Waals surface area contributed by atoms with Crippen molar-refractivity contribution in [2.24, 2.45) is 5.73 Å². The number of sulfone groups is 1. The fourth-order valence-corrected chi connectivity index (χ4v) is 5.24. The molecule has 0 radical (unpaired) electrons. The first-order valence-corrected chi connectivity index (χ1v) is 13.5. The van der Waals surface area contributed by atoms with Gasteiger partial charge in [0.25, 0.3) is 5.91 Å². The number of fused-ring (bicyclic) bond motifs is 1. The van der Waals surface area contributed by atoms with Crippen LogP contribution < -0.4 is 10.5 Å². The summed E-state index contributed by atoms with van der Waals surface area (Å²) in [5.41, 5.74) is 7.83. The van der Waals surface area contributed by atoms with Crippen molar-refractivity contribution in [2.45, 2.75) is 31.5 Å². The lowest BCUT2D eigenvalue weighted by Crippen LogP contribution is -2.33. The highest BCUT2D eigenvalue weighted by Gasteiger charge is 2.27. The lowest BCUT2D eigenvalue weighted by molar-refractivity contribution is 0.0731. The number of primary amides is 1. The molecule has 0 spiro atoms. The van der Waals surface area contributed by atoms with Crippen LogP contribution in [0.4, 0.5) is 8.78 Å². The summed E-state index contributed by atoms with van der Waals surface area (Å²) in [5.74, 6) is -1.49. The Balaban J connectivity index is 1.69. The van der Waals surface area contributed by atoms with Crippen molar-refractivity contribution in [3.05, 3.63) is 82.2 Å². The van der Waals surface area contributed by atoms with Crippen LogP contribution in [0.15, 0.2) is 53.4 Å². The van der Waals surface area contributed by atoms with E-state index in [9.17, 15) is 22.4 Å². The molecule has 194 valence electrons. The molecule has 0 aliphatic carbocycles. The monoisotopic (exact) mass is 528 g/mol. The zero-order chi connectivity index (χ0) is 26.9. The Bertz CT molecular complexity index is 1500. The molecule has 0 saturated heterocycles. The van der Waals surface area contributed by atoms with Crippen LogP contribution in [-0.2, 0) is 29.5 Å². The van der Waals surface area contributed by atoms with Gasteiger partial charge in [0.2, 0.25) is 5.91 Å². The molecule has 7 nitrogen and oxygen atoms in total. The van der Waals surface area contributed by atoms with Crippen LogP contribution in [0.5, 0.6) is 5.75 Å². The number of carbonyl (C=O) groups is 2. The fourth-order valence-electron chi connectivity index (χ4n) is 4.47. The maximum atomic E-state index is 15.0. The molecule has 0 aromatic heterocycles. The van der Waals surface area contributed by atoms with Crippen molar-refractivity contribution in [3.8, 4) is 16.9 Å². The molecule has 0 atom stereocenters. The molecule has 0 unspecified atom stereocenters. The zero-order valence-electron chi connectivity index (χ0n) is 20.4. The minimum atomic E-state index is -3.79. The summed E-state index contributed by atoms with van der Waals surface area (Å²) in [6, 6.07) is 12.5. The van der Waals surface area contributed by atoms with Gasteiger partial charge >= 0.3 is 0 Å². The van der Waals surface area contributed by atoms with Crippen molar-refractivity contribution in [1.29, 1.82) is 0 Å². The number of hydrogen-bond donors (Lipinski definition) is 1. The highest BCUT2D eigenvalue weighted by molar-refractivity contribution is 7.90.